The maximum absolute atomic E-state index is 11.4. The molecule has 0 fully saturated rings. The predicted molar refractivity (Wildman–Crippen MR) is 57.1 cm³/mol. The molecule has 0 radical (unpaired) electrons. The summed E-state index contributed by atoms with van der Waals surface area (Å²) in [6.45, 7) is 5.37. The fraction of sp³-hybridized carbons (Fsp3) is 0.364. The first-order valence-corrected chi connectivity index (χ1v) is 4.64. The molecule has 82 valence electrons. The van der Waals surface area contributed by atoms with Crippen molar-refractivity contribution in [2.75, 3.05) is 5.73 Å². The molecular formula is C11H15NO3. The second-order valence-corrected chi connectivity index (χ2v) is 4.19. The first-order valence-electron chi connectivity index (χ1n) is 4.64. The van der Waals surface area contributed by atoms with Gasteiger partial charge in [-0.15, -0.1) is 0 Å². The molecule has 0 saturated heterocycles. The van der Waals surface area contributed by atoms with Crippen LogP contribution in [-0.4, -0.2) is 11.6 Å². The van der Waals surface area contributed by atoms with Gasteiger partial charge in [-0.05, 0) is 39.0 Å². The Kier molecular flexibility index (Phi) is 3.31. The average molecular weight is 209 g/mol. The summed E-state index contributed by atoms with van der Waals surface area (Å²) in [5.74, 6) is -0.544. The number of rotatable bonds is 2. The zero-order chi connectivity index (χ0) is 11.5. The SMILES string of the molecule is CC(C)(C)OOC(=O)c1cccc(N)c1. The Labute approximate surface area is 88.9 Å². The van der Waals surface area contributed by atoms with Gasteiger partial charge in [-0.2, -0.15) is 4.89 Å². The van der Waals surface area contributed by atoms with E-state index in [1.54, 1.807) is 39.0 Å². The Bertz CT molecular complexity index is 355. The molecule has 0 aliphatic rings. The van der Waals surface area contributed by atoms with E-state index in [4.69, 9.17) is 10.6 Å². The maximum atomic E-state index is 11.4. The van der Waals surface area contributed by atoms with Crippen LogP contribution in [0.15, 0.2) is 24.3 Å². The van der Waals surface area contributed by atoms with Crippen LogP contribution >= 0.6 is 0 Å². The van der Waals surface area contributed by atoms with Crippen LogP contribution in [0.2, 0.25) is 0 Å². The van der Waals surface area contributed by atoms with Gasteiger partial charge in [0.25, 0.3) is 0 Å². The van der Waals surface area contributed by atoms with Gasteiger partial charge in [-0.3, -0.25) is 4.89 Å². The zero-order valence-corrected chi connectivity index (χ0v) is 9.11. The highest BCUT2D eigenvalue weighted by Gasteiger charge is 2.16. The summed E-state index contributed by atoms with van der Waals surface area (Å²) in [6, 6.07) is 6.53. The van der Waals surface area contributed by atoms with Crippen molar-refractivity contribution in [1.82, 2.24) is 0 Å². The Morgan fingerprint density at radius 2 is 2.00 bits per heavy atom. The van der Waals surface area contributed by atoms with Crippen molar-refractivity contribution in [2.45, 2.75) is 26.4 Å². The highest BCUT2D eigenvalue weighted by atomic mass is 17.2. The standard InChI is InChI=1S/C11H15NO3/c1-11(2,3)15-14-10(13)8-5-4-6-9(12)7-8/h4-7H,12H2,1-3H3. The molecule has 0 saturated carbocycles. The van der Waals surface area contributed by atoms with Crippen molar-refractivity contribution in [3.63, 3.8) is 0 Å². The van der Waals surface area contributed by atoms with Gasteiger partial charge in [0.2, 0.25) is 0 Å². The van der Waals surface area contributed by atoms with Crippen LogP contribution in [-0.2, 0) is 9.78 Å². The lowest BCUT2D eigenvalue weighted by atomic mass is 10.2. The summed E-state index contributed by atoms with van der Waals surface area (Å²) >= 11 is 0. The van der Waals surface area contributed by atoms with Crippen molar-refractivity contribution in [1.29, 1.82) is 0 Å². The summed E-state index contributed by atoms with van der Waals surface area (Å²) in [6.07, 6.45) is 0. The molecule has 0 unspecified atom stereocenters. The van der Waals surface area contributed by atoms with Crippen LogP contribution in [0.25, 0.3) is 0 Å². The average Bonchev–Trinajstić information content (AvgIpc) is 2.13. The quantitative estimate of drug-likeness (QED) is 0.460. The normalized spacial score (nSPS) is 11.1. The number of nitrogen functional groups attached to an aromatic ring is 1. The summed E-state index contributed by atoms with van der Waals surface area (Å²) < 4.78 is 0. The Hall–Kier alpha value is -1.55. The lowest BCUT2D eigenvalue weighted by molar-refractivity contribution is -0.301. The fourth-order valence-electron chi connectivity index (χ4n) is 0.877. The summed E-state index contributed by atoms with van der Waals surface area (Å²) in [5, 5.41) is 0. The van der Waals surface area contributed by atoms with Crippen LogP contribution in [0.4, 0.5) is 5.69 Å². The summed E-state index contributed by atoms with van der Waals surface area (Å²) in [5.41, 5.74) is 5.90. The van der Waals surface area contributed by atoms with Gasteiger partial charge in [0, 0.05) is 5.69 Å². The summed E-state index contributed by atoms with van der Waals surface area (Å²) in [7, 11) is 0. The zero-order valence-electron chi connectivity index (χ0n) is 9.11. The van der Waals surface area contributed by atoms with E-state index in [1.165, 1.54) is 6.07 Å². The predicted octanol–water partition coefficient (Wildman–Crippen LogP) is 2.16. The molecule has 15 heavy (non-hydrogen) atoms. The molecule has 0 aromatic heterocycles. The maximum Gasteiger partial charge on any atom is 0.373 e. The number of benzene rings is 1. The van der Waals surface area contributed by atoms with Gasteiger partial charge < -0.3 is 5.73 Å². The highest BCUT2D eigenvalue weighted by Crippen LogP contribution is 2.12. The molecule has 1 aromatic rings. The number of nitrogens with two attached hydrogens (primary N) is 1. The van der Waals surface area contributed by atoms with Gasteiger partial charge in [-0.1, -0.05) is 6.07 Å². The Balaban J connectivity index is 2.62. The first-order chi connectivity index (χ1) is 6.88. The lowest BCUT2D eigenvalue weighted by Crippen LogP contribution is -2.21. The van der Waals surface area contributed by atoms with Gasteiger partial charge in [0.15, 0.2) is 0 Å². The number of anilines is 1. The van der Waals surface area contributed by atoms with E-state index in [0.29, 0.717) is 11.3 Å². The molecule has 0 aliphatic carbocycles. The smallest absolute Gasteiger partial charge is 0.373 e. The van der Waals surface area contributed by atoms with E-state index >= 15 is 0 Å². The number of carbonyl (C=O) groups is 1. The molecule has 0 bridgehead atoms. The molecule has 0 amide bonds. The molecule has 1 rings (SSSR count). The molecule has 4 nitrogen and oxygen atoms in total. The van der Waals surface area contributed by atoms with Crippen molar-refractivity contribution in [2.24, 2.45) is 0 Å². The monoisotopic (exact) mass is 209 g/mol. The minimum absolute atomic E-state index is 0.374. The molecule has 0 spiro atoms. The molecule has 0 heterocycles. The lowest BCUT2D eigenvalue weighted by Gasteiger charge is -2.16. The van der Waals surface area contributed by atoms with Crippen molar-refractivity contribution in [3.05, 3.63) is 29.8 Å². The van der Waals surface area contributed by atoms with Crippen LogP contribution in [0.3, 0.4) is 0 Å². The van der Waals surface area contributed by atoms with Gasteiger partial charge in [-0.25, -0.2) is 4.79 Å². The second kappa shape index (κ2) is 4.31. The molecule has 2 N–H and O–H groups in total. The number of hydrogen-bond donors (Lipinski definition) is 1. The minimum Gasteiger partial charge on any atom is -0.399 e. The second-order valence-electron chi connectivity index (χ2n) is 4.19. The van der Waals surface area contributed by atoms with Crippen molar-refractivity contribution < 1.29 is 14.6 Å². The van der Waals surface area contributed by atoms with E-state index in [0.717, 1.165) is 0 Å². The van der Waals surface area contributed by atoms with E-state index in [2.05, 4.69) is 4.89 Å². The van der Waals surface area contributed by atoms with E-state index in [9.17, 15) is 4.79 Å². The van der Waals surface area contributed by atoms with E-state index in [1.807, 2.05) is 0 Å². The van der Waals surface area contributed by atoms with Gasteiger partial charge >= 0.3 is 5.97 Å². The van der Waals surface area contributed by atoms with Crippen LogP contribution < -0.4 is 5.73 Å². The molecule has 4 heteroatoms. The highest BCUT2D eigenvalue weighted by molar-refractivity contribution is 5.89. The minimum atomic E-state index is -0.544. The topological polar surface area (TPSA) is 61.5 Å². The number of hydrogen-bond acceptors (Lipinski definition) is 4. The van der Waals surface area contributed by atoms with E-state index in [-0.39, 0.29) is 0 Å². The third-order valence-electron chi connectivity index (χ3n) is 1.49. The first kappa shape index (κ1) is 11.5. The summed E-state index contributed by atoms with van der Waals surface area (Å²) in [4.78, 5) is 21.0. The third kappa shape index (κ3) is 3.99. The largest absolute Gasteiger partial charge is 0.399 e. The Morgan fingerprint density at radius 1 is 1.33 bits per heavy atom. The van der Waals surface area contributed by atoms with E-state index < -0.39 is 11.6 Å². The van der Waals surface area contributed by atoms with Crippen LogP contribution in [0.5, 0.6) is 0 Å². The fourth-order valence-corrected chi connectivity index (χ4v) is 0.877. The van der Waals surface area contributed by atoms with Crippen LogP contribution in [0.1, 0.15) is 31.1 Å². The van der Waals surface area contributed by atoms with Crippen molar-refractivity contribution >= 4 is 11.7 Å². The molecule has 0 aliphatic heterocycles. The van der Waals surface area contributed by atoms with Crippen LogP contribution in [0, 0.1) is 0 Å². The Morgan fingerprint density at radius 3 is 2.53 bits per heavy atom. The molecule has 0 atom stereocenters. The molecule has 1 aromatic carbocycles. The van der Waals surface area contributed by atoms with Gasteiger partial charge in [0.05, 0.1) is 5.56 Å². The van der Waals surface area contributed by atoms with Gasteiger partial charge in [0.1, 0.15) is 5.60 Å². The van der Waals surface area contributed by atoms with Crippen molar-refractivity contribution in [3.8, 4) is 0 Å². The third-order valence-corrected chi connectivity index (χ3v) is 1.49. The number of carbonyl (C=O) groups excluding carboxylic acids is 1. The molecular weight excluding hydrogens is 194 g/mol.